The molecule has 1 heterocycles. The van der Waals surface area contributed by atoms with Gasteiger partial charge in [0.25, 0.3) is 0 Å². The van der Waals surface area contributed by atoms with Crippen LogP contribution in [0.5, 0.6) is 0 Å². The molecular formula is C16H31NO2. The molecule has 3 heteroatoms. The average Bonchev–Trinajstić information content (AvgIpc) is 2.46. The first-order valence-electron chi connectivity index (χ1n) is 8.19. The number of rotatable bonds is 5. The zero-order valence-corrected chi connectivity index (χ0v) is 12.7. The van der Waals surface area contributed by atoms with Crippen molar-refractivity contribution in [3.05, 3.63) is 0 Å². The fourth-order valence-electron chi connectivity index (χ4n) is 3.73. The molecule has 1 aliphatic heterocycles. The van der Waals surface area contributed by atoms with Gasteiger partial charge in [0.2, 0.25) is 0 Å². The van der Waals surface area contributed by atoms with Crippen LogP contribution in [-0.2, 0) is 9.47 Å². The standard InChI is InChI=1S/C16H31NO2/c1-3-15(4-2,13-17)19-14-8-11-18-16(12-14)9-6-5-7-10-16/h14H,3-13,17H2,1-2H3. The molecule has 1 atom stereocenters. The molecule has 19 heavy (non-hydrogen) atoms. The molecule has 1 saturated heterocycles. The zero-order valence-electron chi connectivity index (χ0n) is 12.7. The van der Waals surface area contributed by atoms with Crippen LogP contribution in [0.25, 0.3) is 0 Å². The highest BCUT2D eigenvalue weighted by atomic mass is 16.5. The van der Waals surface area contributed by atoms with E-state index in [1.54, 1.807) is 0 Å². The van der Waals surface area contributed by atoms with Crippen LogP contribution in [0.1, 0.15) is 71.6 Å². The molecule has 2 rings (SSSR count). The Labute approximate surface area is 118 Å². The summed E-state index contributed by atoms with van der Waals surface area (Å²) in [5, 5.41) is 0. The topological polar surface area (TPSA) is 44.5 Å². The van der Waals surface area contributed by atoms with E-state index in [4.69, 9.17) is 15.2 Å². The fourth-order valence-corrected chi connectivity index (χ4v) is 3.73. The fraction of sp³-hybridized carbons (Fsp3) is 1.00. The van der Waals surface area contributed by atoms with Gasteiger partial charge in [0.1, 0.15) is 0 Å². The predicted octanol–water partition coefficient (Wildman–Crippen LogP) is 3.40. The lowest BCUT2D eigenvalue weighted by molar-refractivity contribution is -0.183. The van der Waals surface area contributed by atoms with Crippen molar-refractivity contribution in [3.63, 3.8) is 0 Å². The summed E-state index contributed by atoms with van der Waals surface area (Å²) in [6, 6.07) is 0. The van der Waals surface area contributed by atoms with Gasteiger partial charge in [0.05, 0.1) is 17.3 Å². The van der Waals surface area contributed by atoms with Crippen molar-refractivity contribution in [2.75, 3.05) is 13.2 Å². The molecule has 0 radical (unpaired) electrons. The summed E-state index contributed by atoms with van der Waals surface area (Å²) in [6.45, 7) is 5.86. The second-order valence-electron chi connectivity index (χ2n) is 6.42. The third kappa shape index (κ3) is 3.50. The summed E-state index contributed by atoms with van der Waals surface area (Å²) >= 11 is 0. The van der Waals surface area contributed by atoms with E-state index in [9.17, 15) is 0 Å². The van der Waals surface area contributed by atoms with E-state index in [0.29, 0.717) is 12.6 Å². The number of hydrogen-bond donors (Lipinski definition) is 1. The third-order valence-corrected chi connectivity index (χ3v) is 5.29. The maximum Gasteiger partial charge on any atom is 0.0802 e. The number of hydrogen-bond acceptors (Lipinski definition) is 3. The third-order valence-electron chi connectivity index (χ3n) is 5.29. The van der Waals surface area contributed by atoms with Crippen molar-refractivity contribution in [1.29, 1.82) is 0 Å². The van der Waals surface area contributed by atoms with Gasteiger partial charge >= 0.3 is 0 Å². The van der Waals surface area contributed by atoms with Crippen LogP contribution >= 0.6 is 0 Å². The average molecular weight is 269 g/mol. The molecule has 1 unspecified atom stereocenters. The van der Waals surface area contributed by atoms with Crippen molar-refractivity contribution in [1.82, 2.24) is 0 Å². The first-order chi connectivity index (χ1) is 9.17. The quantitative estimate of drug-likeness (QED) is 0.832. The van der Waals surface area contributed by atoms with Crippen LogP contribution in [-0.4, -0.2) is 30.5 Å². The molecule has 0 aromatic carbocycles. The Bertz CT molecular complexity index is 256. The van der Waals surface area contributed by atoms with Gasteiger partial charge in [-0.3, -0.25) is 0 Å². The minimum atomic E-state index is -0.113. The molecule has 0 aromatic rings. The summed E-state index contributed by atoms with van der Waals surface area (Å²) in [5.41, 5.74) is 5.97. The van der Waals surface area contributed by atoms with Crippen LogP contribution in [0.3, 0.4) is 0 Å². The normalized spacial score (nSPS) is 27.6. The maximum absolute atomic E-state index is 6.45. The second kappa shape index (κ2) is 6.55. The molecule has 0 amide bonds. The number of ether oxygens (including phenoxy) is 2. The van der Waals surface area contributed by atoms with E-state index in [1.165, 1.54) is 32.1 Å². The second-order valence-corrected chi connectivity index (χ2v) is 6.42. The Morgan fingerprint density at radius 3 is 2.47 bits per heavy atom. The summed E-state index contributed by atoms with van der Waals surface area (Å²) in [4.78, 5) is 0. The molecule has 2 aliphatic rings. The van der Waals surface area contributed by atoms with Crippen molar-refractivity contribution in [3.8, 4) is 0 Å². The molecule has 2 fully saturated rings. The van der Waals surface area contributed by atoms with Crippen LogP contribution < -0.4 is 5.73 Å². The largest absolute Gasteiger partial charge is 0.375 e. The van der Waals surface area contributed by atoms with Crippen LogP contribution in [0.15, 0.2) is 0 Å². The van der Waals surface area contributed by atoms with E-state index in [-0.39, 0.29) is 11.2 Å². The lowest BCUT2D eigenvalue weighted by Gasteiger charge is -2.46. The molecular weight excluding hydrogens is 238 g/mol. The molecule has 0 bridgehead atoms. The van der Waals surface area contributed by atoms with Crippen molar-refractivity contribution in [2.45, 2.75) is 88.9 Å². The van der Waals surface area contributed by atoms with E-state index in [1.807, 2.05) is 0 Å². The Hall–Kier alpha value is -0.120. The van der Waals surface area contributed by atoms with Gasteiger partial charge in [-0.1, -0.05) is 33.1 Å². The Kier molecular flexibility index (Phi) is 5.27. The minimum absolute atomic E-state index is 0.113. The van der Waals surface area contributed by atoms with Gasteiger partial charge in [-0.05, 0) is 32.1 Å². The predicted molar refractivity (Wildman–Crippen MR) is 78.2 cm³/mol. The molecule has 112 valence electrons. The molecule has 2 N–H and O–H groups in total. The summed E-state index contributed by atoms with van der Waals surface area (Å²) in [5.74, 6) is 0. The summed E-state index contributed by atoms with van der Waals surface area (Å²) in [7, 11) is 0. The first kappa shape index (κ1) is 15.3. The zero-order chi connectivity index (χ0) is 13.8. The maximum atomic E-state index is 6.45. The monoisotopic (exact) mass is 269 g/mol. The van der Waals surface area contributed by atoms with Crippen LogP contribution in [0.4, 0.5) is 0 Å². The minimum Gasteiger partial charge on any atom is -0.375 e. The SMILES string of the molecule is CCC(CC)(CN)OC1CCOC2(CCCCC2)C1. The Morgan fingerprint density at radius 2 is 1.89 bits per heavy atom. The lowest BCUT2D eigenvalue weighted by Crippen LogP contribution is -2.49. The highest BCUT2D eigenvalue weighted by Crippen LogP contribution is 2.40. The highest BCUT2D eigenvalue weighted by Gasteiger charge is 2.41. The van der Waals surface area contributed by atoms with Gasteiger partial charge < -0.3 is 15.2 Å². The Balaban J connectivity index is 1.97. The van der Waals surface area contributed by atoms with Gasteiger partial charge in [-0.2, -0.15) is 0 Å². The molecule has 1 aliphatic carbocycles. The molecule has 1 spiro atoms. The number of nitrogens with two attached hydrogens (primary N) is 1. The van der Waals surface area contributed by atoms with Gasteiger partial charge in [-0.15, -0.1) is 0 Å². The van der Waals surface area contributed by atoms with Gasteiger partial charge in [-0.25, -0.2) is 0 Å². The molecule has 1 saturated carbocycles. The van der Waals surface area contributed by atoms with Crippen molar-refractivity contribution >= 4 is 0 Å². The summed E-state index contributed by atoms with van der Waals surface area (Å²) < 4.78 is 12.6. The van der Waals surface area contributed by atoms with E-state index in [2.05, 4.69) is 13.8 Å². The lowest BCUT2D eigenvalue weighted by atomic mass is 9.78. The molecule has 3 nitrogen and oxygen atoms in total. The van der Waals surface area contributed by atoms with Gasteiger partial charge in [0.15, 0.2) is 0 Å². The van der Waals surface area contributed by atoms with Crippen molar-refractivity contribution < 1.29 is 9.47 Å². The smallest absolute Gasteiger partial charge is 0.0802 e. The van der Waals surface area contributed by atoms with E-state index in [0.717, 1.165) is 32.3 Å². The summed E-state index contributed by atoms with van der Waals surface area (Å²) in [6.07, 6.45) is 10.9. The van der Waals surface area contributed by atoms with E-state index < -0.39 is 0 Å². The Morgan fingerprint density at radius 1 is 1.21 bits per heavy atom. The van der Waals surface area contributed by atoms with Crippen LogP contribution in [0.2, 0.25) is 0 Å². The van der Waals surface area contributed by atoms with Crippen LogP contribution in [0, 0.1) is 0 Å². The van der Waals surface area contributed by atoms with Crippen molar-refractivity contribution in [2.24, 2.45) is 5.73 Å². The highest BCUT2D eigenvalue weighted by molar-refractivity contribution is 4.92. The molecule has 0 aromatic heterocycles. The first-order valence-corrected chi connectivity index (χ1v) is 8.19. The van der Waals surface area contributed by atoms with Gasteiger partial charge in [0, 0.05) is 19.6 Å². The van der Waals surface area contributed by atoms with E-state index >= 15 is 0 Å².